The highest BCUT2D eigenvalue weighted by Crippen LogP contribution is 2.59. The second-order valence-corrected chi connectivity index (χ2v) is 6.63. The molecule has 3 saturated carbocycles. The first-order valence-corrected chi connectivity index (χ1v) is 7.76. The fourth-order valence-corrected chi connectivity index (χ4v) is 5.14. The summed E-state index contributed by atoms with van der Waals surface area (Å²) in [6, 6.07) is 9.12. The summed E-state index contributed by atoms with van der Waals surface area (Å²) in [4.78, 5) is 0. The third-order valence-corrected chi connectivity index (χ3v) is 5.87. The van der Waals surface area contributed by atoms with Crippen molar-refractivity contribution < 1.29 is 4.74 Å². The minimum Gasteiger partial charge on any atom is -0.497 e. The van der Waals surface area contributed by atoms with E-state index in [4.69, 9.17) is 4.74 Å². The van der Waals surface area contributed by atoms with Crippen LogP contribution in [-0.2, 0) is 0 Å². The highest BCUT2D eigenvalue weighted by molar-refractivity contribution is 5.47. The molecular formula is C17H23NO. The average Bonchev–Trinajstić information content (AvgIpc) is 3.11. The lowest BCUT2D eigenvalue weighted by molar-refractivity contribution is 0.243. The van der Waals surface area contributed by atoms with E-state index < -0.39 is 0 Å². The maximum atomic E-state index is 5.22. The third kappa shape index (κ3) is 1.84. The molecule has 5 atom stereocenters. The van der Waals surface area contributed by atoms with Crippen LogP contribution in [-0.4, -0.2) is 13.2 Å². The summed E-state index contributed by atoms with van der Waals surface area (Å²) in [6.07, 6.45) is 7.38. The molecule has 3 aliphatic carbocycles. The van der Waals surface area contributed by atoms with Crippen LogP contribution >= 0.6 is 0 Å². The van der Waals surface area contributed by atoms with Gasteiger partial charge in [-0.15, -0.1) is 0 Å². The lowest BCUT2D eigenvalue weighted by atomic mass is 9.79. The molecule has 4 rings (SSSR count). The number of hydrogen-bond donors (Lipinski definition) is 1. The molecule has 5 unspecified atom stereocenters. The first-order chi connectivity index (χ1) is 9.35. The molecule has 0 aliphatic heterocycles. The summed E-state index contributed by atoms with van der Waals surface area (Å²) >= 11 is 0. The van der Waals surface area contributed by atoms with Gasteiger partial charge in [0, 0.05) is 11.7 Å². The van der Waals surface area contributed by atoms with Gasteiger partial charge in [-0.2, -0.15) is 0 Å². The summed E-state index contributed by atoms with van der Waals surface area (Å²) in [5.74, 6) is 5.02. The Bertz CT molecular complexity index is 455. The molecule has 0 spiro atoms. The lowest BCUT2D eigenvalue weighted by Crippen LogP contribution is -2.33. The first-order valence-electron chi connectivity index (χ1n) is 7.76. The Labute approximate surface area is 115 Å². The van der Waals surface area contributed by atoms with E-state index in [0.717, 1.165) is 35.5 Å². The van der Waals surface area contributed by atoms with Gasteiger partial charge in [-0.05, 0) is 73.6 Å². The molecule has 2 bridgehead atoms. The van der Waals surface area contributed by atoms with Gasteiger partial charge in [0.25, 0.3) is 0 Å². The van der Waals surface area contributed by atoms with E-state index in [1.807, 2.05) is 12.1 Å². The van der Waals surface area contributed by atoms with Gasteiger partial charge >= 0.3 is 0 Å². The number of benzene rings is 1. The number of rotatable bonds is 3. The van der Waals surface area contributed by atoms with Gasteiger partial charge in [0.2, 0.25) is 0 Å². The van der Waals surface area contributed by atoms with Crippen molar-refractivity contribution >= 4 is 5.69 Å². The summed E-state index contributed by atoms with van der Waals surface area (Å²) in [7, 11) is 1.72. The number of ether oxygens (including phenoxy) is 1. The number of hydrogen-bond acceptors (Lipinski definition) is 2. The zero-order valence-corrected chi connectivity index (χ0v) is 11.6. The monoisotopic (exact) mass is 257 g/mol. The van der Waals surface area contributed by atoms with Crippen molar-refractivity contribution in [3.63, 3.8) is 0 Å². The minimum atomic E-state index is 0.720. The van der Waals surface area contributed by atoms with Crippen molar-refractivity contribution in [3.05, 3.63) is 24.3 Å². The van der Waals surface area contributed by atoms with Gasteiger partial charge in [-0.25, -0.2) is 0 Å². The van der Waals surface area contributed by atoms with E-state index in [-0.39, 0.29) is 0 Å². The quantitative estimate of drug-likeness (QED) is 0.885. The van der Waals surface area contributed by atoms with E-state index in [2.05, 4.69) is 17.4 Å². The molecule has 3 fully saturated rings. The molecule has 2 nitrogen and oxygen atoms in total. The van der Waals surface area contributed by atoms with Crippen LogP contribution in [0.4, 0.5) is 5.69 Å². The number of methoxy groups -OCH3 is 1. The largest absolute Gasteiger partial charge is 0.497 e. The Hall–Kier alpha value is -1.18. The Morgan fingerprint density at radius 3 is 2.58 bits per heavy atom. The fraction of sp³-hybridized carbons (Fsp3) is 0.647. The second-order valence-electron chi connectivity index (χ2n) is 6.63. The van der Waals surface area contributed by atoms with Gasteiger partial charge < -0.3 is 10.1 Å². The Balaban J connectivity index is 1.46. The molecule has 102 valence electrons. The maximum Gasteiger partial charge on any atom is 0.119 e. The third-order valence-electron chi connectivity index (χ3n) is 5.87. The predicted molar refractivity (Wildman–Crippen MR) is 77.4 cm³/mol. The maximum absolute atomic E-state index is 5.22. The molecule has 0 amide bonds. The summed E-state index contributed by atoms with van der Waals surface area (Å²) in [6.45, 7) is 0. The summed E-state index contributed by atoms with van der Waals surface area (Å²) < 4.78 is 5.22. The number of anilines is 1. The van der Waals surface area contributed by atoms with E-state index >= 15 is 0 Å². The second kappa shape index (κ2) is 4.43. The molecule has 0 heterocycles. The standard InChI is InChI=1S/C17H23NO/c1-19-13-7-5-12(6-8-13)18-17-10-11-9-16(17)15-4-2-3-14(11)15/h5-8,11,14-18H,2-4,9-10H2,1H3. The van der Waals surface area contributed by atoms with Crippen LogP contribution in [0.5, 0.6) is 5.75 Å². The minimum absolute atomic E-state index is 0.720. The molecule has 19 heavy (non-hydrogen) atoms. The number of nitrogens with one attached hydrogen (secondary N) is 1. The van der Waals surface area contributed by atoms with E-state index in [0.29, 0.717) is 0 Å². The van der Waals surface area contributed by atoms with Gasteiger partial charge in [0.05, 0.1) is 7.11 Å². The van der Waals surface area contributed by atoms with Crippen LogP contribution in [0.2, 0.25) is 0 Å². The molecule has 2 heteroatoms. The molecule has 0 aromatic heterocycles. The SMILES string of the molecule is COc1ccc(NC2CC3CC2C2CCCC32)cc1. The van der Waals surface area contributed by atoms with Crippen LogP contribution in [0.1, 0.15) is 32.1 Å². The molecule has 3 aliphatic rings. The molecule has 1 aromatic carbocycles. The van der Waals surface area contributed by atoms with Crippen LogP contribution < -0.4 is 10.1 Å². The van der Waals surface area contributed by atoms with Gasteiger partial charge in [0.1, 0.15) is 5.75 Å². The van der Waals surface area contributed by atoms with E-state index in [1.165, 1.54) is 37.8 Å². The normalized spacial score (nSPS) is 39.3. The van der Waals surface area contributed by atoms with E-state index in [1.54, 1.807) is 7.11 Å². The van der Waals surface area contributed by atoms with E-state index in [9.17, 15) is 0 Å². The highest BCUT2D eigenvalue weighted by atomic mass is 16.5. The molecule has 1 N–H and O–H groups in total. The van der Waals surface area contributed by atoms with Crippen molar-refractivity contribution in [2.24, 2.45) is 23.7 Å². The molecule has 0 radical (unpaired) electrons. The van der Waals surface area contributed by atoms with Crippen molar-refractivity contribution in [2.45, 2.75) is 38.1 Å². The molecule has 0 saturated heterocycles. The van der Waals surface area contributed by atoms with Gasteiger partial charge in [-0.3, -0.25) is 0 Å². The predicted octanol–water partition coefficient (Wildman–Crippen LogP) is 3.93. The molecular weight excluding hydrogens is 234 g/mol. The van der Waals surface area contributed by atoms with Crippen LogP contribution in [0.3, 0.4) is 0 Å². The zero-order chi connectivity index (χ0) is 12.8. The van der Waals surface area contributed by atoms with Gasteiger partial charge in [0.15, 0.2) is 0 Å². The smallest absolute Gasteiger partial charge is 0.119 e. The van der Waals surface area contributed by atoms with Crippen molar-refractivity contribution in [3.8, 4) is 5.75 Å². The summed E-state index contributed by atoms with van der Waals surface area (Å²) in [5, 5.41) is 3.78. The summed E-state index contributed by atoms with van der Waals surface area (Å²) in [5.41, 5.74) is 1.26. The Morgan fingerprint density at radius 2 is 1.79 bits per heavy atom. The zero-order valence-electron chi connectivity index (χ0n) is 11.6. The first kappa shape index (κ1) is 11.6. The lowest BCUT2D eigenvalue weighted by Gasteiger charge is -2.32. The van der Waals surface area contributed by atoms with Crippen molar-refractivity contribution in [2.75, 3.05) is 12.4 Å². The van der Waals surface area contributed by atoms with Crippen molar-refractivity contribution in [1.82, 2.24) is 0 Å². The van der Waals surface area contributed by atoms with Crippen LogP contribution in [0, 0.1) is 23.7 Å². The number of fused-ring (bicyclic) bond motifs is 5. The van der Waals surface area contributed by atoms with Crippen molar-refractivity contribution in [1.29, 1.82) is 0 Å². The Morgan fingerprint density at radius 1 is 1.00 bits per heavy atom. The average molecular weight is 257 g/mol. The topological polar surface area (TPSA) is 21.3 Å². The highest BCUT2D eigenvalue weighted by Gasteiger charge is 2.53. The van der Waals surface area contributed by atoms with Gasteiger partial charge in [-0.1, -0.05) is 6.42 Å². The fourth-order valence-electron chi connectivity index (χ4n) is 5.14. The van der Waals surface area contributed by atoms with Crippen LogP contribution in [0.15, 0.2) is 24.3 Å². The molecule has 1 aromatic rings. The van der Waals surface area contributed by atoms with Crippen LogP contribution in [0.25, 0.3) is 0 Å². The Kier molecular flexibility index (Phi) is 2.71.